The van der Waals surface area contributed by atoms with Crippen molar-refractivity contribution in [1.29, 1.82) is 0 Å². The van der Waals surface area contributed by atoms with Gasteiger partial charge in [-0.25, -0.2) is 0 Å². The molecule has 0 aliphatic carbocycles. The average Bonchev–Trinajstić information content (AvgIpc) is 1.59. The molecule has 0 heterocycles. The van der Waals surface area contributed by atoms with E-state index in [1.54, 1.807) is 0 Å². The maximum absolute atomic E-state index is 5.67. The Morgan fingerprint density at radius 3 is 0.900 bits per heavy atom. The summed E-state index contributed by atoms with van der Waals surface area (Å²) >= 11 is 38.9. The van der Waals surface area contributed by atoms with Crippen LogP contribution in [0.5, 0.6) is 0 Å². The first-order chi connectivity index (χ1) is 4.15. The summed E-state index contributed by atoms with van der Waals surface area (Å²) in [7, 11) is -1.88. The van der Waals surface area contributed by atoms with Crippen LogP contribution in [0, 0.1) is 0 Å². The number of hydrogen-bond acceptors (Lipinski definition) is 0. The fraction of sp³-hybridized carbons (Fsp3) is 0. The molecule has 0 atom stereocenters. The Bertz CT molecular complexity index is 93.0. The third-order valence-electron chi connectivity index (χ3n) is 0.498. The van der Waals surface area contributed by atoms with E-state index in [4.69, 9.17) is 77.6 Å². The van der Waals surface area contributed by atoms with Crippen LogP contribution in [0.1, 0.15) is 0 Å². The van der Waals surface area contributed by atoms with E-state index in [0.717, 1.165) is 0 Å². The van der Waals surface area contributed by atoms with Crippen LogP contribution in [-0.4, -0.2) is 18.2 Å². The molecule has 0 aromatic heterocycles. The predicted octanol–water partition coefficient (Wildman–Crippen LogP) is 3.68. The molecule has 10 heteroatoms. The van der Waals surface area contributed by atoms with Crippen LogP contribution in [0.15, 0.2) is 0 Å². The monoisotopic (exact) mass is 329 g/mol. The zero-order valence-electron chi connectivity index (χ0n) is 4.15. The molecule has 0 aromatic rings. The van der Waals surface area contributed by atoms with E-state index in [1.807, 2.05) is 0 Å². The molecule has 0 saturated carbocycles. The lowest BCUT2D eigenvalue weighted by atomic mass is 26.4. The minimum atomic E-state index is -2.95. The first-order valence-corrected chi connectivity index (χ1v) is 16.4. The van der Waals surface area contributed by atoms with Crippen molar-refractivity contribution in [2.24, 2.45) is 0 Å². The molecule has 0 amide bonds. The van der Waals surface area contributed by atoms with Gasteiger partial charge in [0.2, 0.25) is 0 Å². The standard InChI is InChI=1S/Cl7Si3/c1-8(9(2,3)4)10(5,6)7. The molecule has 0 fully saturated rings. The Morgan fingerprint density at radius 2 is 0.900 bits per heavy atom. The lowest BCUT2D eigenvalue weighted by Crippen LogP contribution is -2.46. The molecular formula is Cl7Si3. The summed E-state index contributed by atoms with van der Waals surface area (Å²) in [5.74, 6) is 0. The van der Waals surface area contributed by atoms with Gasteiger partial charge in [0, 0.05) is 0 Å². The van der Waals surface area contributed by atoms with Crippen LogP contribution in [0.4, 0.5) is 0 Å². The molecule has 10 heavy (non-hydrogen) atoms. The second kappa shape index (κ2) is 4.26. The lowest BCUT2D eigenvalue weighted by molar-refractivity contribution is 3.45. The first kappa shape index (κ1) is 12.7. The van der Waals surface area contributed by atoms with E-state index >= 15 is 0 Å². The van der Waals surface area contributed by atoms with E-state index in [9.17, 15) is 0 Å². The fourth-order valence-electron chi connectivity index (χ4n) is 0.161. The van der Waals surface area contributed by atoms with Gasteiger partial charge in [0.15, 0.2) is 0 Å². The van der Waals surface area contributed by atoms with Gasteiger partial charge >= 0.3 is 11.0 Å². The molecular weight excluding hydrogens is 332 g/mol. The highest BCUT2D eigenvalue weighted by Gasteiger charge is 2.53. The van der Waals surface area contributed by atoms with Gasteiger partial charge < -0.3 is 0 Å². The Hall–Kier alpha value is 2.68. The second-order valence-electron chi connectivity index (χ2n) is 1.31. The summed E-state index contributed by atoms with van der Waals surface area (Å²) in [5, 5.41) is 0. The molecule has 0 aromatic carbocycles. The van der Waals surface area contributed by atoms with Gasteiger partial charge in [-0.1, -0.05) is 0 Å². The van der Waals surface area contributed by atoms with Gasteiger partial charge in [0.25, 0.3) is 7.14 Å². The Balaban J connectivity index is 4.23. The van der Waals surface area contributed by atoms with Crippen LogP contribution >= 0.6 is 77.6 Å². The zero-order valence-corrected chi connectivity index (χ0v) is 12.4. The summed E-state index contributed by atoms with van der Waals surface area (Å²) in [6.45, 7) is 0. The van der Waals surface area contributed by atoms with Gasteiger partial charge in [-0.15, -0.1) is 66.5 Å². The molecule has 1 radical (unpaired) electrons. The third kappa shape index (κ3) is 4.64. The minimum Gasteiger partial charge on any atom is -0.167 e. The molecule has 0 spiro atoms. The highest BCUT2D eigenvalue weighted by atomic mass is 35.9. The molecule has 0 aliphatic rings. The van der Waals surface area contributed by atoms with Crippen LogP contribution in [0.25, 0.3) is 0 Å². The Morgan fingerprint density at radius 1 is 0.700 bits per heavy atom. The summed E-state index contributed by atoms with van der Waals surface area (Å²) < 4.78 is 0. The van der Waals surface area contributed by atoms with Gasteiger partial charge in [-0.05, 0) is 0 Å². The third-order valence-corrected chi connectivity index (χ3v) is 40.3. The highest BCUT2D eigenvalue weighted by Crippen LogP contribution is 2.36. The first-order valence-electron chi connectivity index (χ1n) is 1.82. The van der Waals surface area contributed by atoms with Gasteiger partial charge in [-0.2, -0.15) is 11.1 Å². The fourth-order valence-corrected chi connectivity index (χ4v) is 39.1. The van der Waals surface area contributed by atoms with Crippen molar-refractivity contribution >= 4 is 95.7 Å². The second-order valence-corrected chi connectivity index (χ2v) is 35.4. The number of hydrogen-bond donors (Lipinski definition) is 0. The van der Waals surface area contributed by atoms with E-state index in [1.165, 1.54) is 0 Å². The number of rotatable bonds is 2. The average molecular weight is 332 g/mol. The van der Waals surface area contributed by atoms with Crippen LogP contribution in [0.3, 0.4) is 0 Å². The quantitative estimate of drug-likeness (QED) is 0.534. The zero-order chi connectivity index (χ0) is 8.58. The lowest BCUT2D eigenvalue weighted by Gasteiger charge is -2.17. The van der Waals surface area contributed by atoms with Crippen LogP contribution < -0.4 is 0 Å². The van der Waals surface area contributed by atoms with Crippen LogP contribution in [-0.2, 0) is 0 Å². The molecule has 0 bridgehead atoms. The molecule has 0 unspecified atom stereocenters. The van der Waals surface area contributed by atoms with Gasteiger partial charge in [0.1, 0.15) is 0 Å². The van der Waals surface area contributed by atoms with E-state index < -0.39 is 18.2 Å². The molecule has 0 saturated heterocycles. The summed E-state index contributed by atoms with van der Waals surface area (Å²) in [6.07, 6.45) is 0. The Kier molecular flexibility index (Phi) is 5.41. The van der Waals surface area contributed by atoms with Crippen molar-refractivity contribution < 1.29 is 0 Å². The molecule has 0 aliphatic heterocycles. The van der Waals surface area contributed by atoms with Crippen molar-refractivity contribution in [1.82, 2.24) is 0 Å². The van der Waals surface area contributed by atoms with Crippen LogP contribution in [0.2, 0.25) is 0 Å². The summed E-state index contributed by atoms with van der Waals surface area (Å²) in [4.78, 5) is 0. The topological polar surface area (TPSA) is 0 Å². The smallest absolute Gasteiger partial charge is 0.167 e. The van der Waals surface area contributed by atoms with Crippen molar-refractivity contribution in [2.45, 2.75) is 0 Å². The van der Waals surface area contributed by atoms with E-state index in [-0.39, 0.29) is 0 Å². The van der Waals surface area contributed by atoms with Crippen molar-refractivity contribution in [3.8, 4) is 0 Å². The van der Waals surface area contributed by atoms with Gasteiger partial charge in [0.05, 0.1) is 0 Å². The summed E-state index contributed by atoms with van der Waals surface area (Å²) in [5.41, 5.74) is -5.89. The Labute approximate surface area is 94.8 Å². The maximum Gasteiger partial charge on any atom is 0.342 e. The maximum atomic E-state index is 5.67. The highest BCUT2D eigenvalue weighted by molar-refractivity contribution is 8.12. The SMILES string of the molecule is Cl[Si]([Si](Cl)(Cl)Cl)[Si](Cl)(Cl)Cl. The van der Waals surface area contributed by atoms with Crippen molar-refractivity contribution in [2.75, 3.05) is 0 Å². The van der Waals surface area contributed by atoms with Crippen molar-refractivity contribution in [3.05, 3.63) is 0 Å². The predicted molar refractivity (Wildman–Crippen MR) is 58.2 cm³/mol. The molecule has 0 N–H and O–H groups in total. The molecule has 0 rings (SSSR count). The molecule has 61 valence electrons. The normalized spacial score (nSPS) is 14.4. The van der Waals surface area contributed by atoms with Gasteiger partial charge in [-0.3, -0.25) is 0 Å². The number of halogens is 7. The molecule has 0 nitrogen and oxygen atoms in total. The van der Waals surface area contributed by atoms with Crippen molar-refractivity contribution in [3.63, 3.8) is 0 Å². The minimum absolute atomic E-state index is 1.88. The van der Waals surface area contributed by atoms with E-state index in [2.05, 4.69) is 0 Å². The van der Waals surface area contributed by atoms with E-state index in [0.29, 0.717) is 0 Å². The summed E-state index contributed by atoms with van der Waals surface area (Å²) in [6, 6.07) is 0. The largest absolute Gasteiger partial charge is 0.342 e.